The SMILES string of the molecule is Cn1c(CC#N)nnc1SCC(=O)O. The van der Waals surface area contributed by atoms with E-state index in [1.54, 1.807) is 11.6 Å². The monoisotopic (exact) mass is 212 g/mol. The van der Waals surface area contributed by atoms with Crippen molar-refractivity contribution < 1.29 is 9.90 Å². The lowest BCUT2D eigenvalue weighted by molar-refractivity contribution is -0.133. The van der Waals surface area contributed by atoms with Crippen molar-refractivity contribution in [2.75, 3.05) is 5.75 Å². The average Bonchev–Trinajstić information content (AvgIpc) is 2.46. The minimum absolute atomic E-state index is 0.0570. The van der Waals surface area contributed by atoms with E-state index >= 15 is 0 Å². The van der Waals surface area contributed by atoms with E-state index in [9.17, 15) is 4.79 Å². The molecule has 0 fully saturated rings. The Balaban J connectivity index is 2.70. The summed E-state index contributed by atoms with van der Waals surface area (Å²) in [6, 6.07) is 1.95. The molecule has 1 N–H and O–H groups in total. The molecule has 6 nitrogen and oxygen atoms in total. The van der Waals surface area contributed by atoms with Crippen molar-refractivity contribution in [2.24, 2.45) is 7.05 Å². The van der Waals surface area contributed by atoms with E-state index in [4.69, 9.17) is 10.4 Å². The van der Waals surface area contributed by atoms with Crippen molar-refractivity contribution in [1.82, 2.24) is 14.8 Å². The molecule has 0 aliphatic carbocycles. The van der Waals surface area contributed by atoms with E-state index in [2.05, 4.69) is 10.2 Å². The molecule has 1 rings (SSSR count). The summed E-state index contributed by atoms with van der Waals surface area (Å²) < 4.78 is 1.62. The highest BCUT2D eigenvalue weighted by Gasteiger charge is 2.09. The molecular formula is C7H8N4O2S. The molecule has 0 amide bonds. The summed E-state index contributed by atoms with van der Waals surface area (Å²) in [7, 11) is 1.71. The second-order valence-corrected chi connectivity index (χ2v) is 3.42. The summed E-state index contributed by atoms with van der Waals surface area (Å²) in [6.07, 6.45) is 0.178. The van der Waals surface area contributed by atoms with Gasteiger partial charge >= 0.3 is 5.97 Å². The lowest BCUT2D eigenvalue weighted by atomic mass is 10.4. The molecule has 0 spiro atoms. The molecular weight excluding hydrogens is 204 g/mol. The largest absolute Gasteiger partial charge is 0.481 e. The third kappa shape index (κ3) is 2.47. The molecule has 0 atom stereocenters. The van der Waals surface area contributed by atoms with Gasteiger partial charge in [-0.05, 0) is 0 Å². The first-order valence-electron chi connectivity index (χ1n) is 3.75. The first-order chi connectivity index (χ1) is 6.65. The number of nitriles is 1. The van der Waals surface area contributed by atoms with Crippen LogP contribution in [0.2, 0.25) is 0 Å². The van der Waals surface area contributed by atoms with Gasteiger partial charge in [0, 0.05) is 7.05 Å². The van der Waals surface area contributed by atoms with Crippen LogP contribution in [0.3, 0.4) is 0 Å². The number of rotatable bonds is 4. The van der Waals surface area contributed by atoms with Gasteiger partial charge in [0.2, 0.25) is 0 Å². The molecule has 7 heteroatoms. The van der Waals surface area contributed by atoms with Gasteiger partial charge in [-0.25, -0.2) is 0 Å². The van der Waals surface area contributed by atoms with E-state index in [0.717, 1.165) is 11.8 Å². The number of carboxylic acids is 1. The summed E-state index contributed by atoms with van der Waals surface area (Å²) in [5, 5.41) is 24.9. The number of aliphatic carboxylic acids is 1. The van der Waals surface area contributed by atoms with Crippen LogP contribution in [0.1, 0.15) is 5.82 Å². The number of hydrogen-bond acceptors (Lipinski definition) is 5. The van der Waals surface area contributed by atoms with Gasteiger partial charge < -0.3 is 9.67 Å². The van der Waals surface area contributed by atoms with Crippen molar-refractivity contribution in [2.45, 2.75) is 11.6 Å². The molecule has 1 heterocycles. The molecule has 0 unspecified atom stereocenters. The van der Waals surface area contributed by atoms with E-state index < -0.39 is 5.97 Å². The third-order valence-corrected chi connectivity index (χ3v) is 2.49. The Hall–Kier alpha value is -1.55. The maximum atomic E-state index is 10.3. The van der Waals surface area contributed by atoms with Crippen molar-refractivity contribution in [3.63, 3.8) is 0 Å². The van der Waals surface area contributed by atoms with Crippen molar-refractivity contribution in [3.8, 4) is 6.07 Å². The van der Waals surface area contributed by atoms with Gasteiger partial charge in [-0.1, -0.05) is 11.8 Å². The Bertz CT molecular complexity index is 382. The Morgan fingerprint density at radius 2 is 2.43 bits per heavy atom. The van der Waals surface area contributed by atoms with Crippen molar-refractivity contribution in [3.05, 3.63) is 5.82 Å². The van der Waals surface area contributed by atoms with Gasteiger partial charge in [-0.2, -0.15) is 5.26 Å². The second-order valence-electron chi connectivity index (χ2n) is 2.48. The number of aromatic nitrogens is 3. The molecule has 0 bridgehead atoms. The van der Waals surface area contributed by atoms with Crippen LogP contribution in [-0.4, -0.2) is 31.6 Å². The lowest BCUT2D eigenvalue weighted by Crippen LogP contribution is -2.02. The number of carbonyl (C=O) groups is 1. The predicted molar refractivity (Wildman–Crippen MR) is 48.7 cm³/mol. The summed E-state index contributed by atoms with van der Waals surface area (Å²) in [5.41, 5.74) is 0. The number of nitrogens with zero attached hydrogens (tertiary/aromatic N) is 4. The Kier molecular flexibility index (Phi) is 3.48. The van der Waals surface area contributed by atoms with Crippen LogP contribution >= 0.6 is 11.8 Å². The number of hydrogen-bond donors (Lipinski definition) is 1. The predicted octanol–water partition coefficient (Wildman–Crippen LogP) is 0.0579. The molecule has 14 heavy (non-hydrogen) atoms. The smallest absolute Gasteiger partial charge is 0.313 e. The first-order valence-corrected chi connectivity index (χ1v) is 4.73. The fourth-order valence-corrected chi connectivity index (χ4v) is 1.47. The van der Waals surface area contributed by atoms with Crippen LogP contribution in [-0.2, 0) is 18.3 Å². The molecule has 0 aliphatic rings. The fraction of sp³-hybridized carbons (Fsp3) is 0.429. The minimum atomic E-state index is -0.903. The summed E-state index contributed by atoms with van der Waals surface area (Å²) in [5.74, 6) is -0.418. The normalized spacial score (nSPS) is 9.71. The van der Waals surface area contributed by atoms with Crippen LogP contribution in [0.5, 0.6) is 0 Å². The highest BCUT2D eigenvalue weighted by atomic mass is 32.2. The van der Waals surface area contributed by atoms with Crippen LogP contribution in [0, 0.1) is 11.3 Å². The fourth-order valence-electron chi connectivity index (χ4n) is 0.822. The van der Waals surface area contributed by atoms with Crippen LogP contribution in [0.25, 0.3) is 0 Å². The van der Waals surface area contributed by atoms with Crippen molar-refractivity contribution in [1.29, 1.82) is 5.26 Å². The molecule has 1 aromatic heterocycles. The molecule has 0 saturated heterocycles. The van der Waals surface area contributed by atoms with Gasteiger partial charge in [-0.15, -0.1) is 10.2 Å². The van der Waals surface area contributed by atoms with Gasteiger partial charge in [-0.3, -0.25) is 4.79 Å². The highest BCUT2D eigenvalue weighted by Crippen LogP contribution is 2.14. The van der Waals surface area contributed by atoms with E-state index in [1.807, 2.05) is 6.07 Å². The van der Waals surface area contributed by atoms with Crippen LogP contribution in [0.4, 0.5) is 0 Å². The zero-order valence-electron chi connectivity index (χ0n) is 7.47. The van der Waals surface area contributed by atoms with Crippen molar-refractivity contribution >= 4 is 17.7 Å². The Morgan fingerprint density at radius 3 is 3.00 bits per heavy atom. The summed E-state index contributed by atoms with van der Waals surface area (Å²) >= 11 is 1.08. The quantitative estimate of drug-likeness (QED) is 0.709. The zero-order valence-corrected chi connectivity index (χ0v) is 8.28. The number of carboxylic acid groups (broad SMARTS) is 1. The Morgan fingerprint density at radius 1 is 1.71 bits per heavy atom. The maximum Gasteiger partial charge on any atom is 0.313 e. The second kappa shape index (κ2) is 4.62. The standard InChI is InChI=1S/C7H8N4O2S/c1-11-5(2-3-8)9-10-7(11)14-4-6(12)13/h2,4H2,1H3,(H,12,13). The minimum Gasteiger partial charge on any atom is -0.481 e. The zero-order chi connectivity index (χ0) is 10.6. The Labute approximate surface area is 84.6 Å². The van der Waals surface area contributed by atoms with Crippen LogP contribution < -0.4 is 0 Å². The lowest BCUT2D eigenvalue weighted by Gasteiger charge is -1.98. The molecule has 74 valence electrons. The van der Waals surface area contributed by atoms with Gasteiger partial charge in [0.25, 0.3) is 0 Å². The van der Waals surface area contributed by atoms with E-state index in [1.165, 1.54) is 0 Å². The topological polar surface area (TPSA) is 91.8 Å². The average molecular weight is 212 g/mol. The maximum absolute atomic E-state index is 10.3. The number of thioether (sulfide) groups is 1. The van der Waals surface area contributed by atoms with Gasteiger partial charge in [0.1, 0.15) is 5.82 Å². The van der Waals surface area contributed by atoms with Gasteiger partial charge in [0.15, 0.2) is 5.16 Å². The molecule has 0 aliphatic heterocycles. The van der Waals surface area contributed by atoms with E-state index in [0.29, 0.717) is 11.0 Å². The summed E-state index contributed by atoms with van der Waals surface area (Å²) in [6.45, 7) is 0. The summed E-state index contributed by atoms with van der Waals surface area (Å²) in [4.78, 5) is 10.3. The highest BCUT2D eigenvalue weighted by molar-refractivity contribution is 7.99. The van der Waals surface area contributed by atoms with E-state index in [-0.39, 0.29) is 12.2 Å². The molecule has 0 saturated carbocycles. The molecule has 0 aromatic carbocycles. The molecule has 1 aromatic rings. The molecule has 0 radical (unpaired) electrons. The van der Waals surface area contributed by atoms with Crippen LogP contribution in [0.15, 0.2) is 5.16 Å². The first kappa shape index (κ1) is 10.5. The third-order valence-electron chi connectivity index (χ3n) is 1.49. The van der Waals surface area contributed by atoms with Gasteiger partial charge in [0.05, 0.1) is 18.2 Å².